The maximum Gasteiger partial charge on any atom is 0.255 e. The fraction of sp³-hybridized carbons (Fsp3) is 0.421. The Labute approximate surface area is 264 Å². The minimum absolute atomic E-state index is 0.0562. The summed E-state index contributed by atoms with van der Waals surface area (Å²) < 4.78 is 5.74. The first-order valence-electron chi connectivity index (χ1n) is 16.3. The number of fused-ring (bicyclic) bond motifs is 1. The minimum Gasteiger partial charge on any atom is -0.507 e. The van der Waals surface area contributed by atoms with E-state index in [2.05, 4.69) is 46.6 Å². The van der Waals surface area contributed by atoms with E-state index in [1.165, 1.54) is 18.9 Å². The van der Waals surface area contributed by atoms with Gasteiger partial charge in [0.15, 0.2) is 5.78 Å². The summed E-state index contributed by atoms with van der Waals surface area (Å²) >= 11 is 0. The highest BCUT2D eigenvalue weighted by Crippen LogP contribution is 2.58. The van der Waals surface area contributed by atoms with E-state index in [4.69, 9.17) is 4.74 Å². The summed E-state index contributed by atoms with van der Waals surface area (Å²) in [7, 11) is 0. The van der Waals surface area contributed by atoms with E-state index in [1.807, 2.05) is 32.0 Å². The largest absolute Gasteiger partial charge is 0.507 e. The van der Waals surface area contributed by atoms with Crippen molar-refractivity contribution in [2.75, 3.05) is 19.6 Å². The molecule has 7 nitrogen and oxygen atoms in total. The molecule has 1 aliphatic heterocycles. The van der Waals surface area contributed by atoms with Gasteiger partial charge in [-0.2, -0.15) is 0 Å². The monoisotopic (exact) mass is 606 g/mol. The fourth-order valence-corrected chi connectivity index (χ4v) is 7.92. The molecule has 4 aliphatic rings. The molecule has 0 radical (unpaired) electrons. The highest BCUT2D eigenvalue weighted by Gasteiger charge is 2.64. The van der Waals surface area contributed by atoms with Crippen molar-refractivity contribution in [2.45, 2.75) is 75.5 Å². The Morgan fingerprint density at radius 3 is 2.44 bits per heavy atom. The second-order valence-electron chi connectivity index (χ2n) is 13.7. The number of ether oxygens (including phenoxy) is 1. The third-order valence-electron chi connectivity index (χ3n) is 10.3. The summed E-state index contributed by atoms with van der Waals surface area (Å²) in [6, 6.07) is 19.8. The van der Waals surface area contributed by atoms with Gasteiger partial charge in [0.1, 0.15) is 17.1 Å². The van der Waals surface area contributed by atoms with Crippen molar-refractivity contribution in [3.05, 3.63) is 95.1 Å². The lowest BCUT2D eigenvalue weighted by molar-refractivity contribution is -0.139. The summed E-state index contributed by atoms with van der Waals surface area (Å²) in [4.78, 5) is 28.6. The van der Waals surface area contributed by atoms with Crippen LogP contribution in [0.25, 0.3) is 11.1 Å². The van der Waals surface area contributed by atoms with Gasteiger partial charge in [0, 0.05) is 36.5 Å². The van der Waals surface area contributed by atoms with E-state index in [0.717, 1.165) is 41.1 Å². The Balaban J connectivity index is 1.06. The van der Waals surface area contributed by atoms with Crippen LogP contribution in [0.3, 0.4) is 0 Å². The number of amides is 1. The number of phenols is 1. The first-order chi connectivity index (χ1) is 21.7. The van der Waals surface area contributed by atoms with E-state index < -0.39 is 11.0 Å². The Morgan fingerprint density at radius 2 is 1.76 bits per heavy atom. The number of rotatable bonds is 9. The van der Waals surface area contributed by atoms with Gasteiger partial charge in [-0.1, -0.05) is 42.5 Å². The average molecular weight is 607 g/mol. The number of aliphatic hydroxyl groups is 1. The number of phenolic OH excluding ortho intramolecular Hbond substituents is 1. The quantitative estimate of drug-likeness (QED) is 0.304. The zero-order chi connectivity index (χ0) is 31.3. The molecule has 3 aromatic carbocycles. The van der Waals surface area contributed by atoms with Gasteiger partial charge in [0.25, 0.3) is 5.91 Å². The average Bonchev–Trinajstić information content (AvgIpc) is 3.83. The first kappa shape index (κ1) is 29.8. The maximum atomic E-state index is 13.4. The van der Waals surface area contributed by atoms with Crippen molar-refractivity contribution >= 4 is 11.7 Å². The molecule has 1 saturated heterocycles. The number of hydrogen-bond acceptors (Lipinski definition) is 6. The number of piperidine rings is 1. The van der Waals surface area contributed by atoms with Gasteiger partial charge in [0.05, 0.1) is 11.7 Å². The Morgan fingerprint density at radius 1 is 1.04 bits per heavy atom. The molecule has 1 amide bonds. The Bertz CT molecular complexity index is 1640. The standard InChI is InChI=1S/C38H42N2O5/c1-24(2)45-31-12-9-28(10-13-31)27-7-5-25(6-8-27)16-19-39-36(43)32-14-11-29-21-33-38(44)17-15-30(41)22-37(38,34(29)35(32)42)18-20-40(33)23-26-3-4-26/h5-15,17,24,26,33,42,44H,3-4,16,18-23H2,1-2H3,(H,39,43)/t33?,37?,38-/m1/s1. The van der Waals surface area contributed by atoms with Gasteiger partial charge in [-0.25, -0.2) is 0 Å². The van der Waals surface area contributed by atoms with Crippen LogP contribution >= 0.6 is 0 Å². The molecule has 2 bridgehead atoms. The SMILES string of the molecule is CC(C)Oc1ccc(-c2ccc(CCNC(=O)c3ccc4c(c3O)C35CCN(CC6CC6)C(C4)[C@]3(O)C=CC(=O)C5)cc2)cc1. The van der Waals surface area contributed by atoms with Crippen LogP contribution in [0, 0.1) is 5.92 Å². The number of likely N-dealkylation sites (tertiary alicyclic amines) is 1. The molecule has 2 unspecified atom stereocenters. The Hall–Kier alpha value is -3.94. The van der Waals surface area contributed by atoms with E-state index >= 15 is 0 Å². The molecule has 234 valence electrons. The Kier molecular flexibility index (Phi) is 7.57. The third-order valence-corrected chi connectivity index (χ3v) is 10.3. The number of aromatic hydroxyl groups is 1. The molecule has 45 heavy (non-hydrogen) atoms. The van der Waals surface area contributed by atoms with Crippen molar-refractivity contribution in [3.8, 4) is 22.6 Å². The molecule has 3 atom stereocenters. The van der Waals surface area contributed by atoms with Crippen LogP contribution in [-0.2, 0) is 23.1 Å². The van der Waals surface area contributed by atoms with Crippen LogP contribution in [0.15, 0.2) is 72.8 Å². The highest BCUT2D eigenvalue weighted by atomic mass is 16.5. The van der Waals surface area contributed by atoms with Gasteiger partial charge in [-0.3, -0.25) is 14.5 Å². The molecule has 7 rings (SSSR count). The molecular weight excluding hydrogens is 564 g/mol. The highest BCUT2D eigenvalue weighted by molar-refractivity contribution is 5.98. The van der Waals surface area contributed by atoms with E-state index in [-0.39, 0.29) is 41.6 Å². The lowest BCUT2D eigenvalue weighted by Gasteiger charge is -2.61. The number of carbonyl (C=O) groups excluding carboxylic acids is 2. The molecule has 3 aliphatic carbocycles. The molecule has 0 spiro atoms. The normalized spacial score (nSPS) is 25.5. The molecule has 3 N–H and O–H groups in total. The molecule has 0 aromatic heterocycles. The molecule has 1 heterocycles. The van der Waals surface area contributed by atoms with Gasteiger partial charge >= 0.3 is 0 Å². The van der Waals surface area contributed by atoms with Crippen molar-refractivity contribution in [1.29, 1.82) is 0 Å². The first-order valence-corrected chi connectivity index (χ1v) is 16.3. The third kappa shape index (κ3) is 5.36. The fourth-order valence-electron chi connectivity index (χ4n) is 7.92. The number of allylic oxidation sites excluding steroid dienone is 1. The van der Waals surface area contributed by atoms with Crippen molar-refractivity contribution < 1.29 is 24.5 Å². The number of carbonyl (C=O) groups is 2. The summed E-state index contributed by atoms with van der Waals surface area (Å²) in [6.07, 6.45) is 7.67. The number of nitrogens with one attached hydrogen (secondary N) is 1. The number of hydrogen-bond donors (Lipinski definition) is 3. The van der Waals surface area contributed by atoms with Crippen molar-refractivity contribution in [2.24, 2.45) is 5.92 Å². The zero-order valence-corrected chi connectivity index (χ0v) is 26.1. The lowest BCUT2D eigenvalue weighted by Crippen LogP contribution is -2.72. The molecule has 1 saturated carbocycles. The smallest absolute Gasteiger partial charge is 0.255 e. The summed E-state index contributed by atoms with van der Waals surface area (Å²) in [5, 5.41) is 26.9. The van der Waals surface area contributed by atoms with Gasteiger partial charge in [-0.05, 0) is 111 Å². The van der Waals surface area contributed by atoms with E-state index in [0.29, 0.717) is 37.3 Å². The molecular formula is C38H42N2O5. The maximum absolute atomic E-state index is 13.4. The predicted octanol–water partition coefficient (Wildman–Crippen LogP) is 5.36. The van der Waals surface area contributed by atoms with Crippen LogP contribution in [0.4, 0.5) is 0 Å². The molecule has 7 heteroatoms. The minimum atomic E-state index is -1.27. The number of nitrogens with zero attached hydrogens (tertiary/aromatic N) is 1. The summed E-state index contributed by atoms with van der Waals surface area (Å²) in [6.45, 7) is 6.14. The number of benzene rings is 3. The number of ketones is 1. The van der Waals surface area contributed by atoms with Gasteiger partial charge in [-0.15, -0.1) is 0 Å². The second kappa shape index (κ2) is 11.5. The van der Waals surface area contributed by atoms with Crippen LogP contribution in [0.5, 0.6) is 11.5 Å². The lowest BCUT2D eigenvalue weighted by atomic mass is 9.51. The van der Waals surface area contributed by atoms with Gasteiger partial charge < -0.3 is 20.3 Å². The zero-order valence-electron chi connectivity index (χ0n) is 26.1. The second-order valence-corrected chi connectivity index (χ2v) is 13.7. The molecule has 2 fully saturated rings. The van der Waals surface area contributed by atoms with Crippen LogP contribution in [-0.4, -0.2) is 64.2 Å². The van der Waals surface area contributed by atoms with Crippen molar-refractivity contribution in [1.82, 2.24) is 10.2 Å². The predicted molar refractivity (Wildman–Crippen MR) is 174 cm³/mol. The van der Waals surface area contributed by atoms with Crippen molar-refractivity contribution in [3.63, 3.8) is 0 Å². The van der Waals surface area contributed by atoms with E-state index in [9.17, 15) is 19.8 Å². The van der Waals surface area contributed by atoms with Gasteiger partial charge in [0.2, 0.25) is 0 Å². The van der Waals surface area contributed by atoms with E-state index in [1.54, 1.807) is 12.1 Å². The molecule has 3 aromatic rings. The topological polar surface area (TPSA) is 99.1 Å². The van der Waals surface area contributed by atoms with Crippen LogP contribution in [0.1, 0.15) is 66.6 Å². The summed E-state index contributed by atoms with van der Waals surface area (Å²) in [5.41, 5.74) is 2.77. The summed E-state index contributed by atoms with van der Waals surface area (Å²) in [5.74, 6) is 1.01. The van der Waals surface area contributed by atoms with Crippen LogP contribution in [0.2, 0.25) is 0 Å². The van der Waals surface area contributed by atoms with Crippen LogP contribution < -0.4 is 10.1 Å².